The Balaban J connectivity index is 3.38. The van der Waals surface area contributed by atoms with Gasteiger partial charge in [0.05, 0.1) is 0 Å². The van der Waals surface area contributed by atoms with E-state index < -0.39 is 0 Å². The molecule has 0 unspecified atom stereocenters. The van der Waals surface area contributed by atoms with Crippen LogP contribution < -0.4 is 0 Å². The van der Waals surface area contributed by atoms with Crippen molar-refractivity contribution in [2.75, 3.05) is 0 Å². The minimum atomic E-state index is 0.106. The summed E-state index contributed by atoms with van der Waals surface area (Å²) in [5, 5.41) is 0. The van der Waals surface area contributed by atoms with Gasteiger partial charge in [-0.05, 0) is 0 Å². The molecular weight excluding hydrogens is 194 g/mol. The number of allylic oxidation sites excluding steroid dienone is 5. The van der Waals surface area contributed by atoms with Crippen LogP contribution in [0.15, 0.2) is 36.6 Å². The lowest BCUT2D eigenvalue weighted by Crippen LogP contribution is -2.38. The fourth-order valence-electron chi connectivity index (χ4n) is 1.77. The van der Waals surface area contributed by atoms with Gasteiger partial charge in [-0.25, -0.2) is 0 Å². The molecule has 0 saturated carbocycles. The third kappa shape index (κ3) is 3.19. The first-order valence-electron chi connectivity index (χ1n) is 5.91. The van der Waals surface area contributed by atoms with Gasteiger partial charge in [0, 0.05) is 38.3 Å². The molecule has 0 radical (unpaired) electrons. The van der Waals surface area contributed by atoms with Gasteiger partial charge in [-0.1, -0.05) is 39.0 Å². The Kier molecular flexibility index (Phi) is 3.57. The molecule has 1 nitrogen and oxygen atoms in total. The van der Waals surface area contributed by atoms with Crippen molar-refractivity contribution in [1.29, 1.82) is 0 Å². The molecule has 1 rings (SSSR count). The molecule has 0 aromatic carbocycles. The van der Waals surface area contributed by atoms with Crippen LogP contribution in [0.1, 0.15) is 41.5 Å². The van der Waals surface area contributed by atoms with E-state index in [1.165, 1.54) is 5.71 Å². The number of hydrogen-bond donors (Lipinski definition) is 0. The molecule has 1 heterocycles. The van der Waals surface area contributed by atoms with E-state index in [-0.39, 0.29) is 11.0 Å². The fourth-order valence-corrected chi connectivity index (χ4v) is 1.77. The van der Waals surface area contributed by atoms with Crippen LogP contribution in [-0.4, -0.2) is 15.8 Å². The predicted octanol–water partition coefficient (Wildman–Crippen LogP) is 3.92. The summed E-state index contributed by atoms with van der Waals surface area (Å²) in [5.41, 5.74) is 1.61. The zero-order valence-electron chi connectivity index (χ0n) is 11.4. The van der Waals surface area contributed by atoms with Crippen LogP contribution in [0.4, 0.5) is 0 Å². The summed E-state index contributed by atoms with van der Waals surface area (Å²) in [6, 6.07) is 0. The van der Waals surface area contributed by atoms with Crippen molar-refractivity contribution in [3.8, 4) is 0 Å². The van der Waals surface area contributed by atoms with Crippen LogP contribution in [-0.2, 0) is 0 Å². The van der Waals surface area contributed by atoms with Crippen LogP contribution in [0.2, 0.25) is 0 Å². The van der Waals surface area contributed by atoms with Gasteiger partial charge in [-0.15, -0.1) is 0 Å². The topological polar surface area (TPSA) is 3.01 Å². The molecule has 0 aliphatic carbocycles. The van der Waals surface area contributed by atoms with Crippen molar-refractivity contribution < 1.29 is 4.58 Å². The molecule has 0 bridgehead atoms. The second-order valence-electron chi connectivity index (χ2n) is 6.26. The van der Waals surface area contributed by atoms with E-state index >= 15 is 0 Å². The second-order valence-corrected chi connectivity index (χ2v) is 6.26. The highest BCUT2D eigenvalue weighted by molar-refractivity contribution is 5.95. The van der Waals surface area contributed by atoms with Gasteiger partial charge in [-0.3, -0.25) is 0 Å². The van der Waals surface area contributed by atoms with Crippen LogP contribution >= 0.6 is 0 Å². The predicted molar refractivity (Wildman–Crippen MR) is 71.9 cm³/mol. The Morgan fingerprint density at radius 2 is 1.38 bits per heavy atom. The number of rotatable bonds is 0. The molecule has 0 spiro atoms. The van der Waals surface area contributed by atoms with Crippen LogP contribution in [0.5, 0.6) is 0 Å². The maximum atomic E-state index is 2.35. The lowest BCUT2D eigenvalue weighted by molar-refractivity contribution is -0.537. The van der Waals surface area contributed by atoms with E-state index in [2.05, 4.69) is 82.7 Å². The highest BCUT2D eigenvalue weighted by atomic mass is 15.1. The van der Waals surface area contributed by atoms with E-state index in [1.807, 2.05) is 0 Å². The first-order chi connectivity index (χ1) is 7.23. The third-order valence-electron chi connectivity index (χ3n) is 2.57. The van der Waals surface area contributed by atoms with Crippen LogP contribution in [0.25, 0.3) is 0 Å². The van der Waals surface area contributed by atoms with E-state index in [0.29, 0.717) is 0 Å². The number of nitrogens with zero attached hydrogens (tertiary/aromatic N) is 1. The Morgan fingerprint density at radius 3 is 1.88 bits per heavy atom. The van der Waals surface area contributed by atoms with Gasteiger partial charge < -0.3 is 0 Å². The van der Waals surface area contributed by atoms with Gasteiger partial charge in [-0.2, -0.15) is 4.58 Å². The summed E-state index contributed by atoms with van der Waals surface area (Å²) in [6.07, 6.45) is 12.7. The lowest BCUT2D eigenvalue weighted by atomic mass is 9.87. The largest absolute Gasteiger partial charge is 0.198 e. The normalized spacial score (nSPS) is 28.1. The van der Waals surface area contributed by atoms with Crippen molar-refractivity contribution >= 4 is 5.71 Å². The highest BCUT2D eigenvalue weighted by Crippen LogP contribution is 2.22. The summed E-state index contributed by atoms with van der Waals surface area (Å²) in [7, 11) is 0. The number of hydrogen-bond acceptors (Lipinski definition) is 0. The Hall–Kier alpha value is -1.11. The molecule has 0 aromatic rings. The monoisotopic (exact) mass is 218 g/mol. The summed E-state index contributed by atoms with van der Waals surface area (Å²) < 4.78 is 2.35. The van der Waals surface area contributed by atoms with Crippen molar-refractivity contribution in [1.82, 2.24) is 0 Å². The molecular formula is C15H24N+. The lowest BCUT2D eigenvalue weighted by Gasteiger charge is -2.24. The van der Waals surface area contributed by atoms with Gasteiger partial charge >= 0.3 is 0 Å². The van der Waals surface area contributed by atoms with Crippen molar-refractivity contribution in [2.24, 2.45) is 5.41 Å². The van der Waals surface area contributed by atoms with Crippen molar-refractivity contribution in [3.05, 3.63) is 36.6 Å². The SMILES string of the molecule is CC(C)(C)C1=[N+](C(C)(C)C)/C=C\C=C/C=C\1. The molecule has 1 aliphatic heterocycles. The molecule has 1 aliphatic rings. The van der Waals surface area contributed by atoms with E-state index in [9.17, 15) is 0 Å². The summed E-state index contributed by atoms with van der Waals surface area (Å²) in [6.45, 7) is 13.5. The van der Waals surface area contributed by atoms with Crippen molar-refractivity contribution in [3.63, 3.8) is 0 Å². The van der Waals surface area contributed by atoms with E-state index in [4.69, 9.17) is 0 Å². The van der Waals surface area contributed by atoms with Gasteiger partial charge in [0.1, 0.15) is 0 Å². The zero-order valence-corrected chi connectivity index (χ0v) is 11.4. The fraction of sp³-hybridized carbons (Fsp3) is 0.533. The smallest absolute Gasteiger partial charge is 0.187 e. The summed E-state index contributed by atoms with van der Waals surface area (Å²) in [4.78, 5) is 0. The first kappa shape index (κ1) is 13.0. The average molecular weight is 218 g/mol. The molecule has 0 atom stereocenters. The quantitative estimate of drug-likeness (QED) is 0.542. The van der Waals surface area contributed by atoms with Gasteiger partial charge in [0.2, 0.25) is 0 Å². The summed E-state index contributed by atoms with van der Waals surface area (Å²) in [5.74, 6) is 0. The molecule has 1 heteroatoms. The molecule has 0 aromatic heterocycles. The Labute approximate surface area is 99.9 Å². The third-order valence-corrected chi connectivity index (χ3v) is 2.57. The second kappa shape index (κ2) is 4.40. The molecule has 0 saturated heterocycles. The standard InChI is InChI=1S/C15H24N/c1-14(2,3)13-11-9-7-8-10-12-16(13)15(4,5)6/h7-12H,1-6H3/q+1/b8-7-,9-7?,10-8?,11-9-,12-10-,13-11?,16-12?,16-13-. The van der Waals surface area contributed by atoms with E-state index in [0.717, 1.165) is 0 Å². The molecule has 16 heavy (non-hydrogen) atoms. The Morgan fingerprint density at radius 1 is 0.812 bits per heavy atom. The van der Waals surface area contributed by atoms with Gasteiger partial charge in [0.25, 0.3) is 0 Å². The maximum absolute atomic E-state index is 2.35. The minimum absolute atomic E-state index is 0.106. The first-order valence-corrected chi connectivity index (χ1v) is 5.91. The van der Waals surface area contributed by atoms with E-state index in [1.54, 1.807) is 0 Å². The van der Waals surface area contributed by atoms with Crippen molar-refractivity contribution in [2.45, 2.75) is 47.1 Å². The maximum Gasteiger partial charge on any atom is 0.187 e. The highest BCUT2D eigenvalue weighted by Gasteiger charge is 2.32. The Bertz CT molecular complexity index is 329. The zero-order chi connectivity index (χ0) is 12.4. The van der Waals surface area contributed by atoms with Gasteiger partial charge in [0.15, 0.2) is 17.5 Å². The average Bonchev–Trinajstić information content (AvgIpc) is 1.96. The van der Waals surface area contributed by atoms with Crippen LogP contribution in [0, 0.1) is 5.41 Å². The molecule has 0 fully saturated rings. The minimum Gasteiger partial charge on any atom is -0.198 e. The summed E-state index contributed by atoms with van der Waals surface area (Å²) >= 11 is 0. The molecule has 0 N–H and O–H groups in total. The molecule has 88 valence electrons. The van der Waals surface area contributed by atoms with Crippen LogP contribution in [0.3, 0.4) is 0 Å². The molecule has 0 amide bonds.